The molecule has 0 radical (unpaired) electrons. The number of rotatable bonds is 4. The Bertz CT molecular complexity index is 826. The second kappa shape index (κ2) is 7.11. The van der Waals surface area contributed by atoms with Crippen molar-refractivity contribution in [3.63, 3.8) is 0 Å². The first kappa shape index (κ1) is 19.4. The lowest BCUT2D eigenvalue weighted by molar-refractivity contribution is -0.143. The van der Waals surface area contributed by atoms with Crippen LogP contribution >= 0.6 is 0 Å². The van der Waals surface area contributed by atoms with Crippen LogP contribution in [0.1, 0.15) is 24.0 Å². The van der Waals surface area contributed by atoms with E-state index in [1.165, 1.54) is 13.0 Å². The van der Waals surface area contributed by atoms with Gasteiger partial charge in [0.1, 0.15) is 11.6 Å². The van der Waals surface area contributed by atoms with Gasteiger partial charge in [-0.2, -0.15) is 13.2 Å². The van der Waals surface area contributed by atoms with E-state index in [9.17, 15) is 32.7 Å². The number of aliphatic carboxylic acids is 1. The number of halogens is 3. The third-order valence-corrected chi connectivity index (χ3v) is 4.05. The molecule has 0 aromatic heterocycles. The second-order valence-corrected chi connectivity index (χ2v) is 5.54. The Morgan fingerprint density at radius 1 is 1.27 bits per heavy atom. The molecule has 6 nitrogen and oxygen atoms in total. The Labute approximate surface area is 146 Å². The van der Waals surface area contributed by atoms with Crippen LogP contribution in [-0.4, -0.2) is 36.2 Å². The number of ether oxygens (including phenoxy) is 1. The number of hydrogen-bond donors (Lipinski definition) is 1. The average Bonchev–Trinajstić information content (AvgIpc) is 2.58. The van der Waals surface area contributed by atoms with Crippen LogP contribution in [0.4, 0.5) is 13.2 Å². The first-order valence-electron chi connectivity index (χ1n) is 7.35. The molecule has 0 spiro atoms. The smallest absolute Gasteiger partial charge is 0.416 e. The third-order valence-electron chi connectivity index (χ3n) is 4.05. The fourth-order valence-electron chi connectivity index (χ4n) is 3.00. The summed E-state index contributed by atoms with van der Waals surface area (Å²) < 4.78 is 44.9. The normalized spacial score (nSPS) is 20.4. The molecule has 1 aromatic carbocycles. The van der Waals surface area contributed by atoms with Crippen LogP contribution in [0.2, 0.25) is 0 Å². The summed E-state index contributed by atoms with van der Waals surface area (Å²) in [5.74, 6) is -5.72. The van der Waals surface area contributed by atoms with Gasteiger partial charge in [0.05, 0.1) is 18.2 Å². The van der Waals surface area contributed by atoms with Gasteiger partial charge in [-0.1, -0.05) is 18.2 Å². The van der Waals surface area contributed by atoms with Crippen molar-refractivity contribution in [1.29, 1.82) is 0 Å². The van der Waals surface area contributed by atoms with Gasteiger partial charge in [0.2, 0.25) is 0 Å². The quantitative estimate of drug-likeness (QED) is 0.650. The lowest BCUT2D eigenvalue weighted by Gasteiger charge is -2.31. The SMILES string of the molecule is COC(=O)C1=C(C=O)N=C(C)C(C(=O)O)C1c1ccccc1C(F)(F)F. The number of carboxylic acid groups (broad SMARTS) is 1. The molecule has 26 heavy (non-hydrogen) atoms. The number of nitrogens with zero attached hydrogens (tertiary/aromatic N) is 1. The topological polar surface area (TPSA) is 93.0 Å². The predicted octanol–water partition coefficient (Wildman–Crippen LogP) is 2.59. The van der Waals surface area contributed by atoms with E-state index in [1.807, 2.05) is 0 Å². The average molecular weight is 369 g/mol. The molecule has 1 N–H and O–H groups in total. The van der Waals surface area contributed by atoms with Gasteiger partial charge >= 0.3 is 18.1 Å². The molecule has 0 fully saturated rings. The maximum absolute atomic E-state index is 13.4. The predicted molar refractivity (Wildman–Crippen MR) is 83.5 cm³/mol. The number of aldehydes is 1. The highest BCUT2D eigenvalue weighted by Crippen LogP contribution is 2.44. The number of benzene rings is 1. The lowest BCUT2D eigenvalue weighted by atomic mass is 9.74. The highest BCUT2D eigenvalue weighted by Gasteiger charge is 2.46. The summed E-state index contributed by atoms with van der Waals surface area (Å²) >= 11 is 0. The molecule has 1 aliphatic heterocycles. The van der Waals surface area contributed by atoms with Crippen LogP contribution in [-0.2, 0) is 25.3 Å². The van der Waals surface area contributed by atoms with Gasteiger partial charge in [-0.05, 0) is 18.6 Å². The zero-order valence-electron chi connectivity index (χ0n) is 13.7. The monoisotopic (exact) mass is 369 g/mol. The maximum atomic E-state index is 13.4. The van der Waals surface area contributed by atoms with Crippen molar-refractivity contribution in [3.05, 3.63) is 46.7 Å². The summed E-state index contributed by atoms with van der Waals surface area (Å²) in [5, 5.41) is 9.54. The van der Waals surface area contributed by atoms with E-state index in [0.29, 0.717) is 0 Å². The Morgan fingerprint density at radius 3 is 2.38 bits per heavy atom. The van der Waals surface area contributed by atoms with Crippen molar-refractivity contribution < 1.29 is 37.4 Å². The van der Waals surface area contributed by atoms with Crippen LogP contribution in [0.25, 0.3) is 0 Å². The fraction of sp³-hybridized carbons (Fsp3) is 0.294. The zero-order chi connectivity index (χ0) is 19.6. The number of alkyl halides is 3. The van der Waals surface area contributed by atoms with Crippen LogP contribution in [0.5, 0.6) is 0 Å². The van der Waals surface area contributed by atoms with Crippen LogP contribution in [0.3, 0.4) is 0 Å². The van der Waals surface area contributed by atoms with E-state index >= 15 is 0 Å². The summed E-state index contributed by atoms with van der Waals surface area (Å²) in [5.41, 5.74) is -2.60. The summed E-state index contributed by atoms with van der Waals surface area (Å²) in [7, 11) is 0.978. The van der Waals surface area contributed by atoms with Gasteiger partial charge in [-0.25, -0.2) is 4.79 Å². The van der Waals surface area contributed by atoms with Gasteiger partial charge in [0.15, 0.2) is 6.29 Å². The molecule has 2 atom stereocenters. The molecular formula is C17H14F3NO5. The van der Waals surface area contributed by atoms with Crippen molar-refractivity contribution in [2.24, 2.45) is 10.9 Å². The van der Waals surface area contributed by atoms with E-state index in [4.69, 9.17) is 0 Å². The fourth-order valence-corrected chi connectivity index (χ4v) is 3.00. The first-order valence-corrected chi connectivity index (χ1v) is 7.35. The van der Waals surface area contributed by atoms with Gasteiger partial charge in [-0.15, -0.1) is 0 Å². The minimum Gasteiger partial charge on any atom is -0.481 e. The molecule has 9 heteroatoms. The molecule has 2 unspecified atom stereocenters. The molecule has 0 aliphatic carbocycles. The number of carbonyl (C=O) groups is 3. The minimum absolute atomic E-state index is 0.0887. The molecule has 0 saturated carbocycles. The number of methoxy groups -OCH3 is 1. The largest absolute Gasteiger partial charge is 0.481 e. The standard InChI is InChI=1S/C17H14F3NO5/c1-8-12(15(23)24)13(14(16(25)26-2)11(7-22)21-8)9-5-3-4-6-10(9)17(18,19)20/h3-7,12-13H,1-2H3,(H,23,24). The summed E-state index contributed by atoms with van der Waals surface area (Å²) in [4.78, 5) is 39.0. The summed E-state index contributed by atoms with van der Waals surface area (Å²) in [6, 6.07) is 4.30. The van der Waals surface area contributed by atoms with Crippen LogP contribution in [0, 0.1) is 5.92 Å². The Hall–Kier alpha value is -2.97. The van der Waals surface area contributed by atoms with Gasteiger partial charge < -0.3 is 9.84 Å². The number of aliphatic imine (C=N–C) groups is 1. The lowest BCUT2D eigenvalue weighted by Crippen LogP contribution is -2.36. The van der Waals surface area contributed by atoms with Crippen molar-refractivity contribution >= 4 is 23.9 Å². The number of carbonyl (C=O) groups excluding carboxylic acids is 2. The Balaban J connectivity index is 2.86. The van der Waals surface area contributed by atoms with Crippen molar-refractivity contribution in [2.45, 2.75) is 19.0 Å². The van der Waals surface area contributed by atoms with E-state index in [-0.39, 0.29) is 12.0 Å². The maximum Gasteiger partial charge on any atom is 0.416 e. The number of carboxylic acids is 1. The molecule has 2 rings (SSSR count). The highest BCUT2D eigenvalue weighted by atomic mass is 19.4. The third kappa shape index (κ3) is 3.37. The van der Waals surface area contributed by atoms with E-state index in [1.54, 1.807) is 0 Å². The first-order chi connectivity index (χ1) is 12.1. The highest BCUT2D eigenvalue weighted by molar-refractivity contribution is 6.09. The van der Waals surface area contributed by atoms with E-state index < -0.39 is 52.3 Å². The number of esters is 1. The van der Waals surface area contributed by atoms with Gasteiger partial charge in [-0.3, -0.25) is 14.6 Å². The van der Waals surface area contributed by atoms with Crippen molar-refractivity contribution in [2.75, 3.05) is 7.11 Å². The molecule has 138 valence electrons. The van der Waals surface area contributed by atoms with Crippen LogP contribution in [0.15, 0.2) is 40.5 Å². The van der Waals surface area contributed by atoms with E-state index in [2.05, 4.69) is 9.73 Å². The van der Waals surface area contributed by atoms with Crippen molar-refractivity contribution in [1.82, 2.24) is 0 Å². The Kier molecular flexibility index (Phi) is 5.29. The summed E-state index contributed by atoms with van der Waals surface area (Å²) in [6.07, 6.45) is -4.60. The minimum atomic E-state index is -4.79. The van der Waals surface area contributed by atoms with Gasteiger partial charge in [0.25, 0.3) is 0 Å². The molecule has 0 amide bonds. The second-order valence-electron chi connectivity index (χ2n) is 5.54. The molecule has 1 aromatic rings. The molecule has 0 bridgehead atoms. The summed E-state index contributed by atoms with van der Waals surface area (Å²) in [6.45, 7) is 1.28. The molecule has 1 aliphatic rings. The van der Waals surface area contributed by atoms with Crippen molar-refractivity contribution in [3.8, 4) is 0 Å². The molecular weight excluding hydrogens is 355 g/mol. The zero-order valence-corrected chi connectivity index (χ0v) is 13.7. The number of hydrogen-bond acceptors (Lipinski definition) is 5. The van der Waals surface area contributed by atoms with Gasteiger partial charge in [0, 0.05) is 11.6 Å². The van der Waals surface area contributed by atoms with E-state index in [0.717, 1.165) is 25.3 Å². The van der Waals surface area contributed by atoms with Crippen LogP contribution < -0.4 is 0 Å². The molecule has 1 heterocycles. The number of allylic oxidation sites excluding steroid dienone is 1. The molecule has 0 saturated heterocycles. The Morgan fingerprint density at radius 2 is 1.88 bits per heavy atom.